The number of piperidine rings is 1. The molecule has 0 spiro atoms. The summed E-state index contributed by atoms with van der Waals surface area (Å²) in [5, 5.41) is 2.83. The van der Waals surface area contributed by atoms with E-state index in [0.29, 0.717) is 44.6 Å². The van der Waals surface area contributed by atoms with Crippen molar-refractivity contribution in [3.63, 3.8) is 0 Å². The largest absolute Gasteiger partial charge is 0.497 e. The molecule has 1 fully saturated rings. The van der Waals surface area contributed by atoms with Crippen LogP contribution in [0.2, 0.25) is 0 Å². The maximum absolute atomic E-state index is 12.7. The molecule has 2 heterocycles. The van der Waals surface area contributed by atoms with Crippen molar-refractivity contribution in [2.45, 2.75) is 44.6 Å². The van der Waals surface area contributed by atoms with Crippen molar-refractivity contribution in [2.24, 2.45) is 5.92 Å². The second-order valence-electron chi connectivity index (χ2n) is 8.39. The number of methoxy groups -OCH3 is 2. The quantitative estimate of drug-likeness (QED) is 0.531. The highest BCUT2D eigenvalue weighted by Gasteiger charge is 2.27. The Hall–Kier alpha value is -3.49. The van der Waals surface area contributed by atoms with Gasteiger partial charge < -0.3 is 19.7 Å². The fourth-order valence-electron chi connectivity index (χ4n) is 4.07. The monoisotopic (exact) mass is 468 g/mol. The molecular formula is C25H32N4O5. The third kappa shape index (κ3) is 7.54. The van der Waals surface area contributed by atoms with Crippen LogP contribution in [0.25, 0.3) is 0 Å². The molecular weight excluding hydrogens is 436 g/mol. The lowest BCUT2D eigenvalue weighted by Gasteiger charge is -2.32. The zero-order valence-corrected chi connectivity index (χ0v) is 19.7. The summed E-state index contributed by atoms with van der Waals surface area (Å²) in [6.45, 7) is 1.25. The average Bonchev–Trinajstić information content (AvgIpc) is 2.87. The first-order valence-corrected chi connectivity index (χ1v) is 11.5. The number of hydrogen-bond acceptors (Lipinski definition) is 7. The third-order valence-corrected chi connectivity index (χ3v) is 6.04. The molecule has 1 saturated heterocycles. The molecule has 1 aromatic heterocycles. The topological polar surface area (TPSA) is 111 Å². The van der Waals surface area contributed by atoms with Crippen molar-refractivity contribution in [1.29, 1.82) is 0 Å². The molecule has 0 bridgehead atoms. The first-order chi connectivity index (χ1) is 16.5. The van der Waals surface area contributed by atoms with Gasteiger partial charge in [-0.15, -0.1) is 0 Å². The number of esters is 1. The van der Waals surface area contributed by atoms with Crippen molar-refractivity contribution < 1.29 is 23.9 Å². The maximum Gasteiger partial charge on any atom is 0.328 e. The van der Waals surface area contributed by atoms with Crippen molar-refractivity contribution in [3.05, 3.63) is 54.1 Å². The summed E-state index contributed by atoms with van der Waals surface area (Å²) in [5.74, 6) is 0.973. The van der Waals surface area contributed by atoms with E-state index in [1.807, 2.05) is 29.2 Å². The molecule has 34 heavy (non-hydrogen) atoms. The van der Waals surface area contributed by atoms with Crippen molar-refractivity contribution >= 4 is 17.8 Å². The number of amides is 2. The molecule has 1 N–H and O–H groups in total. The van der Waals surface area contributed by atoms with Crippen molar-refractivity contribution in [1.82, 2.24) is 20.2 Å². The van der Waals surface area contributed by atoms with E-state index >= 15 is 0 Å². The fraction of sp³-hybridized carbons (Fsp3) is 0.480. The molecule has 9 heteroatoms. The second kappa shape index (κ2) is 12.7. The van der Waals surface area contributed by atoms with Crippen LogP contribution in [0.1, 0.15) is 37.1 Å². The number of nitrogens with zero attached hydrogens (tertiary/aromatic N) is 3. The zero-order chi connectivity index (χ0) is 24.3. The van der Waals surface area contributed by atoms with E-state index in [-0.39, 0.29) is 17.7 Å². The van der Waals surface area contributed by atoms with E-state index in [4.69, 9.17) is 9.47 Å². The van der Waals surface area contributed by atoms with E-state index in [2.05, 4.69) is 15.3 Å². The van der Waals surface area contributed by atoms with Gasteiger partial charge in [-0.25, -0.2) is 14.8 Å². The molecule has 2 amide bonds. The van der Waals surface area contributed by atoms with Gasteiger partial charge in [0.25, 0.3) is 0 Å². The van der Waals surface area contributed by atoms with Crippen LogP contribution < -0.4 is 10.1 Å². The Labute approximate surface area is 199 Å². The van der Waals surface area contributed by atoms with Crippen LogP contribution in [-0.4, -0.2) is 66.0 Å². The van der Waals surface area contributed by atoms with Crippen molar-refractivity contribution in [2.75, 3.05) is 27.3 Å². The molecule has 9 nitrogen and oxygen atoms in total. The number of aryl methyl sites for hydroxylation is 1. The Bertz CT molecular complexity index is 944. The molecule has 1 aliphatic heterocycles. The van der Waals surface area contributed by atoms with Crippen LogP contribution in [0, 0.1) is 5.92 Å². The third-order valence-electron chi connectivity index (χ3n) is 6.04. The molecule has 0 aliphatic carbocycles. The van der Waals surface area contributed by atoms with Crippen LogP contribution in [-0.2, 0) is 32.0 Å². The summed E-state index contributed by atoms with van der Waals surface area (Å²) in [6.07, 6.45) is 6.39. The second-order valence-corrected chi connectivity index (χ2v) is 8.39. The molecule has 182 valence electrons. The lowest BCUT2D eigenvalue weighted by molar-refractivity contribution is -0.145. The van der Waals surface area contributed by atoms with Crippen molar-refractivity contribution in [3.8, 4) is 5.75 Å². The number of nitrogens with one attached hydrogen (secondary N) is 1. The normalized spacial score (nSPS) is 14.8. The Balaban J connectivity index is 1.44. The number of benzene rings is 1. The minimum Gasteiger partial charge on any atom is -0.497 e. The van der Waals surface area contributed by atoms with Gasteiger partial charge in [0.05, 0.1) is 14.2 Å². The number of likely N-dealkylation sites (tertiary alicyclic amines) is 1. The highest BCUT2D eigenvalue weighted by Crippen LogP contribution is 2.21. The number of hydrogen-bond donors (Lipinski definition) is 1. The highest BCUT2D eigenvalue weighted by molar-refractivity contribution is 5.84. The number of carbonyl (C=O) groups excluding carboxylic acids is 3. The van der Waals surface area contributed by atoms with Crippen LogP contribution in [0.5, 0.6) is 5.75 Å². The molecule has 1 aromatic carbocycles. The average molecular weight is 469 g/mol. The summed E-state index contributed by atoms with van der Waals surface area (Å²) in [4.78, 5) is 47.6. The zero-order valence-electron chi connectivity index (χ0n) is 19.7. The van der Waals surface area contributed by atoms with Crippen LogP contribution >= 0.6 is 0 Å². The summed E-state index contributed by atoms with van der Waals surface area (Å²) >= 11 is 0. The predicted octanol–water partition coefficient (Wildman–Crippen LogP) is 1.95. The standard InChI is InChI=1S/C25H32N4O5/c1-33-20-6-4-18(5-7-20)16-21(25(32)34-2)28-23(30)17-19-10-14-29(15-11-19)24(31)9-8-22-26-12-3-13-27-22/h3-7,12-13,19,21H,8-11,14-17H2,1-2H3,(H,28,30)/t21-/m0/s1. The summed E-state index contributed by atoms with van der Waals surface area (Å²) in [5.41, 5.74) is 0.893. The minimum absolute atomic E-state index is 0.0839. The van der Waals surface area contributed by atoms with Gasteiger partial charge in [-0.2, -0.15) is 0 Å². The molecule has 0 unspecified atom stereocenters. The minimum atomic E-state index is -0.757. The fourth-order valence-corrected chi connectivity index (χ4v) is 4.07. The number of aromatic nitrogens is 2. The molecule has 0 radical (unpaired) electrons. The molecule has 1 aliphatic rings. The van der Waals surface area contributed by atoms with E-state index in [0.717, 1.165) is 24.2 Å². The predicted molar refractivity (Wildman–Crippen MR) is 125 cm³/mol. The van der Waals surface area contributed by atoms with Gasteiger partial charge in [-0.1, -0.05) is 12.1 Å². The van der Waals surface area contributed by atoms with Gasteiger partial charge in [-0.3, -0.25) is 9.59 Å². The van der Waals surface area contributed by atoms with E-state index in [1.165, 1.54) is 7.11 Å². The van der Waals surface area contributed by atoms with Gasteiger partial charge in [0, 0.05) is 51.2 Å². The lowest BCUT2D eigenvalue weighted by atomic mass is 9.92. The van der Waals surface area contributed by atoms with Gasteiger partial charge in [-0.05, 0) is 42.5 Å². The Morgan fingerprint density at radius 1 is 1.09 bits per heavy atom. The van der Waals surface area contributed by atoms with E-state index in [1.54, 1.807) is 25.6 Å². The van der Waals surface area contributed by atoms with Crippen LogP contribution in [0.4, 0.5) is 0 Å². The first-order valence-electron chi connectivity index (χ1n) is 11.5. The van der Waals surface area contributed by atoms with Crippen LogP contribution in [0.3, 0.4) is 0 Å². The summed E-state index contributed by atoms with van der Waals surface area (Å²) in [6, 6.07) is 8.34. The Morgan fingerprint density at radius 2 is 1.76 bits per heavy atom. The number of ether oxygens (including phenoxy) is 2. The van der Waals surface area contributed by atoms with Gasteiger partial charge in [0.2, 0.25) is 11.8 Å². The molecule has 0 saturated carbocycles. The number of carbonyl (C=O) groups is 3. The van der Waals surface area contributed by atoms with E-state index < -0.39 is 12.0 Å². The van der Waals surface area contributed by atoms with Crippen LogP contribution in [0.15, 0.2) is 42.7 Å². The number of rotatable bonds is 10. The van der Waals surface area contributed by atoms with Gasteiger partial charge >= 0.3 is 5.97 Å². The SMILES string of the molecule is COC(=O)[C@H](Cc1ccc(OC)cc1)NC(=O)CC1CCN(C(=O)CCc2ncccn2)CC1. The molecule has 3 rings (SSSR count). The Kier molecular flexibility index (Phi) is 9.37. The summed E-state index contributed by atoms with van der Waals surface area (Å²) < 4.78 is 10.0. The highest BCUT2D eigenvalue weighted by atomic mass is 16.5. The first kappa shape index (κ1) is 25.1. The maximum atomic E-state index is 12.7. The Morgan fingerprint density at radius 3 is 2.38 bits per heavy atom. The molecule has 1 atom stereocenters. The summed E-state index contributed by atoms with van der Waals surface area (Å²) in [7, 11) is 2.90. The smallest absolute Gasteiger partial charge is 0.328 e. The van der Waals surface area contributed by atoms with E-state index in [9.17, 15) is 14.4 Å². The van der Waals surface area contributed by atoms with Gasteiger partial charge in [0.15, 0.2) is 0 Å². The lowest BCUT2D eigenvalue weighted by Crippen LogP contribution is -2.44. The molecule has 2 aromatic rings. The van der Waals surface area contributed by atoms with Gasteiger partial charge in [0.1, 0.15) is 17.6 Å².